The number of ether oxygens (including phenoxy) is 2. The van der Waals surface area contributed by atoms with E-state index in [1.807, 2.05) is 12.1 Å². The molecule has 0 aliphatic carbocycles. The van der Waals surface area contributed by atoms with Crippen LogP contribution < -0.4 is 10.6 Å². The lowest BCUT2D eigenvalue weighted by Gasteiger charge is -2.23. The number of benzene rings is 1. The number of aryl methyl sites for hydroxylation is 1. The molecule has 0 amide bonds. The quantitative estimate of drug-likeness (QED) is 0.265. The number of fused-ring (bicyclic) bond motifs is 1. The summed E-state index contributed by atoms with van der Waals surface area (Å²) in [6.45, 7) is 1.45. The fourth-order valence-electron chi connectivity index (χ4n) is 4.25. The largest absolute Gasteiger partial charge is 0.463 e. The maximum absolute atomic E-state index is 12.3. The summed E-state index contributed by atoms with van der Waals surface area (Å²) < 4.78 is 13.0. The number of nitrogen functional groups attached to an aromatic ring is 1. The molecule has 3 atom stereocenters. The van der Waals surface area contributed by atoms with Gasteiger partial charge in [-0.25, -0.2) is 15.0 Å². The Kier molecular flexibility index (Phi) is 9.19. The Labute approximate surface area is 219 Å². The molecule has 12 heteroatoms. The molecule has 0 saturated carbocycles. The SMILES string of the molecule is Nc1ncnc2c1ncn2[C@H]1C[C@H](O)[C@@H](COC(=O)CCCc2ccc(N(CCCl)CCCl)cc2)O1. The summed E-state index contributed by atoms with van der Waals surface area (Å²) in [5.41, 5.74) is 9.05. The molecule has 2 aromatic heterocycles. The number of imidazole rings is 1. The molecule has 0 radical (unpaired) electrons. The van der Waals surface area contributed by atoms with E-state index >= 15 is 0 Å². The van der Waals surface area contributed by atoms with E-state index < -0.39 is 18.4 Å². The average Bonchev–Trinajstić information content (AvgIpc) is 3.47. The van der Waals surface area contributed by atoms with Crippen molar-refractivity contribution in [1.29, 1.82) is 0 Å². The van der Waals surface area contributed by atoms with Crippen LogP contribution in [0.15, 0.2) is 36.9 Å². The van der Waals surface area contributed by atoms with Crippen LogP contribution >= 0.6 is 23.2 Å². The number of anilines is 2. The average molecular weight is 537 g/mol. The number of nitrogens with zero attached hydrogens (tertiary/aromatic N) is 5. The molecule has 4 rings (SSSR count). The Morgan fingerprint density at radius 3 is 2.67 bits per heavy atom. The highest BCUT2D eigenvalue weighted by Gasteiger charge is 2.36. The number of aromatic nitrogens is 4. The molecule has 1 aliphatic rings. The van der Waals surface area contributed by atoms with Crippen LogP contribution in [0.2, 0.25) is 0 Å². The maximum Gasteiger partial charge on any atom is 0.305 e. The smallest absolute Gasteiger partial charge is 0.305 e. The highest BCUT2D eigenvalue weighted by atomic mass is 35.5. The predicted octanol–water partition coefficient (Wildman–Crippen LogP) is 2.91. The molecule has 0 unspecified atom stereocenters. The number of hydrogen-bond donors (Lipinski definition) is 2. The van der Waals surface area contributed by atoms with E-state index in [0.717, 1.165) is 30.8 Å². The number of nitrogens with two attached hydrogens (primary N) is 1. The molecule has 0 spiro atoms. The summed E-state index contributed by atoms with van der Waals surface area (Å²) >= 11 is 11.8. The van der Waals surface area contributed by atoms with Crippen LogP contribution in [0.3, 0.4) is 0 Å². The van der Waals surface area contributed by atoms with E-state index in [4.69, 9.17) is 38.4 Å². The molecule has 10 nitrogen and oxygen atoms in total. The standard InChI is InChI=1S/C24H30Cl2N6O4/c25-8-10-31(11-9-26)17-6-4-16(5-7-17)2-1-3-21(34)35-13-19-18(33)12-20(36-19)32-15-30-22-23(27)28-14-29-24(22)32/h4-7,14-15,18-20,33H,1-3,8-13H2,(H2,27,28,29)/t18-,19+,20+/m0/s1. The fourth-order valence-corrected chi connectivity index (χ4v) is 4.66. The first-order valence-corrected chi connectivity index (χ1v) is 12.9. The molecule has 1 fully saturated rings. The van der Waals surface area contributed by atoms with Gasteiger partial charge < -0.3 is 25.2 Å². The summed E-state index contributed by atoms with van der Waals surface area (Å²) in [5.74, 6) is 1.03. The van der Waals surface area contributed by atoms with Crippen LogP contribution in [-0.2, 0) is 20.7 Å². The van der Waals surface area contributed by atoms with Crippen LogP contribution in [0.5, 0.6) is 0 Å². The number of rotatable bonds is 12. The third kappa shape index (κ3) is 6.36. The zero-order chi connectivity index (χ0) is 25.5. The summed E-state index contributed by atoms with van der Waals surface area (Å²) in [5, 5.41) is 10.4. The molecule has 3 aromatic rings. The zero-order valence-corrected chi connectivity index (χ0v) is 21.3. The number of esters is 1. The van der Waals surface area contributed by atoms with Crippen LogP contribution in [0, 0.1) is 0 Å². The molecule has 1 aliphatic heterocycles. The molecule has 0 bridgehead atoms. The zero-order valence-electron chi connectivity index (χ0n) is 19.8. The summed E-state index contributed by atoms with van der Waals surface area (Å²) in [6, 6.07) is 8.20. The minimum atomic E-state index is -0.782. The van der Waals surface area contributed by atoms with E-state index in [9.17, 15) is 9.90 Å². The van der Waals surface area contributed by atoms with Crippen LogP contribution in [0.4, 0.5) is 11.5 Å². The van der Waals surface area contributed by atoms with Crippen molar-refractivity contribution in [1.82, 2.24) is 19.5 Å². The highest BCUT2D eigenvalue weighted by molar-refractivity contribution is 6.18. The summed E-state index contributed by atoms with van der Waals surface area (Å²) in [7, 11) is 0. The molecule has 3 heterocycles. The van der Waals surface area contributed by atoms with Crippen molar-refractivity contribution < 1.29 is 19.4 Å². The van der Waals surface area contributed by atoms with Gasteiger partial charge in [-0.2, -0.15) is 0 Å². The molecule has 36 heavy (non-hydrogen) atoms. The van der Waals surface area contributed by atoms with Gasteiger partial charge in [-0.05, 0) is 30.5 Å². The third-order valence-electron chi connectivity index (χ3n) is 6.17. The Morgan fingerprint density at radius 1 is 1.19 bits per heavy atom. The second-order valence-corrected chi connectivity index (χ2v) is 9.34. The molecule has 1 aromatic carbocycles. The highest BCUT2D eigenvalue weighted by Crippen LogP contribution is 2.31. The monoisotopic (exact) mass is 536 g/mol. The van der Waals surface area contributed by atoms with Crippen LogP contribution in [-0.4, -0.2) is 74.3 Å². The first-order chi connectivity index (χ1) is 17.5. The van der Waals surface area contributed by atoms with Crippen molar-refractivity contribution in [2.24, 2.45) is 0 Å². The van der Waals surface area contributed by atoms with Gasteiger partial charge in [0.2, 0.25) is 0 Å². The third-order valence-corrected chi connectivity index (χ3v) is 6.50. The predicted molar refractivity (Wildman–Crippen MR) is 138 cm³/mol. The van der Waals surface area contributed by atoms with Crippen molar-refractivity contribution >= 4 is 51.8 Å². The molecule has 1 saturated heterocycles. The molecule has 194 valence electrons. The van der Waals surface area contributed by atoms with Gasteiger partial charge >= 0.3 is 5.97 Å². The number of halogens is 2. The minimum Gasteiger partial charge on any atom is -0.463 e. The number of aliphatic hydroxyl groups is 1. The molecule has 3 N–H and O–H groups in total. The molecular formula is C24H30Cl2N6O4. The van der Waals surface area contributed by atoms with Crippen molar-refractivity contribution in [3.8, 4) is 0 Å². The Bertz CT molecular complexity index is 1140. The van der Waals surface area contributed by atoms with Gasteiger partial charge in [0, 0.05) is 43.4 Å². The lowest BCUT2D eigenvalue weighted by molar-refractivity contribution is -0.150. The number of carbonyl (C=O) groups excluding carboxylic acids is 1. The van der Waals surface area contributed by atoms with Gasteiger partial charge in [-0.3, -0.25) is 9.36 Å². The van der Waals surface area contributed by atoms with E-state index in [1.54, 1.807) is 10.9 Å². The van der Waals surface area contributed by atoms with Gasteiger partial charge in [-0.1, -0.05) is 12.1 Å². The Balaban J connectivity index is 1.21. The van der Waals surface area contributed by atoms with E-state index in [1.165, 1.54) is 6.33 Å². The molecular weight excluding hydrogens is 507 g/mol. The number of aliphatic hydroxyl groups excluding tert-OH is 1. The van der Waals surface area contributed by atoms with Gasteiger partial charge in [-0.15, -0.1) is 23.2 Å². The van der Waals surface area contributed by atoms with Gasteiger partial charge in [0.25, 0.3) is 0 Å². The lowest BCUT2D eigenvalue weighted by Crippen LogP contribution is -2.28. The minimum absolute atomic E-state index is 0.0219. The summed E-state index contributed by atoms with van der Waals surface area (Å²) in [6.07, 6.45) is 3.02. The number of hydrogen-bond acceptors (Lipinski definition) is 9. The van der Waals surface area contributed by atoms with E-state index in [-0.39, 0.29) is 24.8 Å². The maximum atomic E-state index is 12.3. The van der Waals surface area contributed by atoms with E-state index in [2.05, 4.69) is 32.0 Å². The van der Waals surface area contributed by atoms with Crippen molar-refractivity contribution in [3.05, 3.63) is 42.5 Å². The van der Waals surface area contributed by atoms with Crippen molar-refractivity contribution in [2.45, 2.75) is 44.1 Å². The van der Waals surface area contributed by atoms with Crippen molar-refractivity contribution in [2.75, 3.05) is 42.1 Å². The fraction of sp³-hybridized carbons (Fsp3) is 0.500. The topological polar surface area (TPSA) is 129 Å². The normalized spacial score (nSPS) is 19.6. The van der Waals surface area contributed by atoms with Crippen LogP contribution in [0.25, 0.3) is 11.2 Å². The van der Waals surface area contributed by atoms with Gasteiger partial charge in [0.1, 0.15) is 30.8 Å². The first-order valence-electron chi connectivity index (χ1n) is 11.9. The Morgan fingerprint density at radius 2 is 1.94 bits per heavy atom. The second-order valence-electron chi connectivity index (χ2n) is 8.58. The first kappa shape index (κ1) is 26.4. The number of alkyl halides is 2. The summed E-state index contributed by atoms with van der Waals surface area (Å²) in [4.78, 5) is 26.8. The van der Waals surface area contributed by atoms with Gasteiger partial charge in [0.15, 0.2) is 11.5 Å². The number of carbonyl (C=O) groups is 1. The van der Waals surface area contributed by atoms with Crippen LogP contribution in [0.1, 0.15) is 31.1 Å². The van der Waals surface area contributed by atoms with Crippen molar-refractivity contribution in [3.63, 3.8) is 0 Å². The lowest BCUT2D eigenvalue weighted by atomic mass is 10.1. The second kappa shape index (κ2) is 12.5. The van der Waals surface area contributed by atoms with Gasteiger partial charge in [0.05, 0.1) is 12.4 Å². The van der Waals surface area contributed by atoms with E-state index in [0.29, 0.717) is 35.8 Å². The Hall–Kier alpha value is -2.66.